The van der Waals surface area contributed by atoms with Crippen molar-refractivity contribution < 1.29 is 20.4 Å². The molecule has 3 aliphatic carbocycles. The molecule has 4 heteroatoms. The Morgan fingerprint density at radius 1 is 1.04 bits per heavy atom. The molecular weight excluding hydrogens is 304 g/mol. The number of hydrogen-bond donors (Lipinski definition) is 4. The fourth-order valence-electron chi connectivity index (χ4n) is 6.00. The molecule has 24 heavy (non-hydrogen) atoms. The van der Waals surface area contributed by atoms with Gasteiger partial charge in [-0.05, 0) is 55.8 Å². The van der Waals surface area contributed by atoms with E-state index in [9.17, 15) is 20.4 Å². The summed E-state index contributed by atoms with van der Waals surface area (Å²) in [5, 5.41) is 40.6. The van der Waals surface area contributed by atoms with Crippen molar-refractivity contribution in [3.05, 3.63) is 11.1 Å². The Morgan fingerprint density at radius 2 is 1.75 bits per heavy atom. The van der Waals surface area contributed by atoms with Crippen LogP contribution in [0.4, 0.5) is 0 Å². The van der Waals surface area contributed by atoms with Crippen LogP contribution < -0.4 is 0 Å². The van der Waals surface area contributed by atoms with Gasteiger partial charge in [0.05, 0.1) is 12.2 Å². The minimum Gasteiger partial charge on any atom is -0.396 e. The van der Waals surface area contributed by atoms with Crippen molar-refractivity contribution in [2.75, 3.05) is 13.2 Å². The second-order valence-corrected chi connectivity index (χ2v) is 9.19. The summed E-state index contributed by atoms with van der Waals surface area (Å²) in [6.45, 7) is 6.69. The van der Waals surface area contributed by atoms with E-state index in [1.165, 1.54) is 11.1 Å². The van der Waals surface area contributed by atoms with Crippen LogP contribution >= 0.6 is 0 Å². The van der Waals surface area contributed by atoms with Crippen LogP contribution in [0.5, 0.6) is 0 Å². The van der Waals surface area contributed by atoms with Crippen LogP contribution in [0.15, 0.2) is 11.1 Å². The van der Waals surface area contributed by atoms with E-state index in [2.05, 4.69) is 20.8 Å². The molecule has 6 atom stereocenters. The molecule has 0 unspecified atom stereocenters. The fourth-order valence-corrected chi connectivity index (χ4v) is 6.00. The zero-order valence-corrected chi connectivity index (χ0v) is 15.3. The average molecular weight is 338 g/mol. The standard InChI is InChI=1S/C20H34O4/c1-19(2)16-4-5-17(15(11-22)14(16)9-18(19)24)20(3)7-6-13(23)8-12(20)10-21/h12-13,15,17-18,21-24H,4-11H2,1-3H3/t12-,13+,15+,17+,18-,20+/m1/s1. The van der Waals surface area contributed by atoms with Crippen LogP contribution in [0, 0.1) is 28.6 Å². The molecule has 4 nitrogen and oxygen atoms in total. The molecule has 0 aromatic heterocycles. The molecule has 0 radical (unpaired) electrons. The first-order chi connectivity index (χ1) is 11.3. The first kappa shape index (κ1) is 18.4. The average Bonchev–Trinajstić information content (AvgIpc) is 2.78. The van der Waals surface area contributed by atoms with Gasteiger partial charge in [-0.15, -0.1) is 0 Å². The third-order valence-electron chi connectivity index (χ3n) is 7.82. The Balaban J connectivity index is 1.93. The van der Waals surface area contributed by atoms with E-state index in [0.29, 0.717) is 18.8 Å². The molecule has 3 aliphatic rings. The van der Waals surface area contributed by atoms with Gasteiger partial charge in [-0.1, -0.05) is 31.9 Å². The first-order valence-electron chi connectivity index (χ1n) is 9.56. The van der Waals surface area contributed by atoms with E-state index >= 15 is 0 Å². The van der Waals surface area contributed by atoms with E-state index in [0.717, 1.165) is 25.7 Å². The quantitative estimate of drug-likeness (QED) is 0.595. The SMILES string of the molecule is CC1(C)C2=C(C[C@H]1O)[C@H](CO)[C@@H]([C@@]1(C)CC[C@H](O)C[C@@H]1CO)CC2. The van der Waals surface area contributed by atoms with E-state index in [1.807, 2.05) is 0 Å². The second-order valence-electron chi connectivity index (χ2n) is 9.19. The van der Waals surface area contributed by atoms with Crippen LogP contribution in [-0.4, -0.2) is 45.8 Å². The lowest BCUT2D eigenvalue weighted by Crippen LogP contribution is -2.47. The van der Waals surface area contributed by atoms with Gasteiger partial charge in [0.25, 0.3) is 0 Å². The lowest BCUT2D eigenvalue weighted by Gasteiger charge is -2.52. The van der Waals surface area contributed by atoms with Crippen molar-refractivity contribution in [2.24, 2.45) is 28.6 Å². The van der Waals surface area contributed by atoms with Gasteiger partial charge in [-0.25, -0.2) is 0 Å². The minimum atomic E-state index is -0.357. The zero-order valence-electron chi connectivity index (χ0n) is 15.3. The van der Waals surface area contributed by atoms with Gasteiger partial charge < -0.3 is 20.4 Å². The van der Waals surface area contributed by atoms with Crippen LogP contribution in [0.2, 0.25) is 0 Å². The largest absolute Gasteiger partial charge is 0.396 e. The molecule has 0 aliphatic heterocycles. The van der Waals surface area contributed by atoms with Crippen LogP contribution in [0.1, 0.15) is 59.3 Å². The summed E-state index contributed by atoms with van der Waals surface area (Å²) in [6, 6.07) is 0. The maximum Gasteiger partial charge on any atom is 0.0665 e. The van der Waals surface area contributed by atoms with Gasteiger partial charge in [0.15, 0.2) is 0 Å². The van der Waals surface area contributed by atoms with Gasteiger partial charge in [0.2, 0.25) is 0 Å². The van der Waals surface area contributed by atoms with Crippen LogP contribution in [0.25, 0.3) is 0 Å². The normalized spacial score (nSPS) is 45.4. The van der Waals surface area contributed by atoms with Gasteiger partial charge in [0.1, 0.15) is 0 Å². The minimum absolute atomic E-state index is 0.0579. The number of aliphatic hydroxyl groups is 4. The number of aliphatic hydroxyl groups excluding tert-OH is 4. The summed E-state index contributed by atoms with van der Waals surface area (Å²) in [7, 11) is 0. The highest BCUT2D eigenvalue weighted by atomic mass is 16.3. The first-order valence-corrected chi connectivity index (χ1v) is 9.56. The zero-order chi connectivity index (χ0) is 17.7. The molecule has 0 saturated heterocycles. The molecule has 1 fully saturated rings. The highest BCUT2D eigenvalue weighted by molar-refractivity contribution is 5.34. The Hall–Kier alpha value is -0.420. The molecule has 0 amide bonds. The second kappa shape index (κ2) is 6.39. The Labute approximate surface area is 145 Å². The van der Waals surface area contributed by atoms with E-state index in [1.54, 1.807) is 0 Å². The summed E-state index contributed by atoms with van der Waals surface area (Å²) >= 11 is 0. The highest BCUT2D eigenvalue weighted by Gasteiger charge is 2.52. The summed E-state index contributed by atoms with van der Waals surface area (Å²) in [5.41, 5.74) is 2.38. The third kappa shape index (κ3) is 2.66. The monoisotopic (exact) mass is 338 g/mol. The van der Waals surface area contributed by atoms with Gasteiger partial charge in [0, 0.05) is 24.5 Å². The molecule has 0 aromatic rings. The van der Waals surface area contributed by atoms with Gasteiger partial charge >= 0.3 is 0 Å². The molecule has 0 heterocycles. The van der Waals surface area contributed by atoms with Crippen molar-refractivity contribution >= 4 is 0 Å². The predicted molar refractivity (Wildman–Crippen MR) is 93.3 cm³/mol. The summed E-state index contributed by atoms with van der Waals surface area (Å²) < 4.78 is 0. The maximum atomic E-state index is 10.5. The lowest BCUT2D eigenvalue weighted by molar-refractivity contribution is -0.0641. The molecule has 3 rings (SSSR count). The highest BCUT2D eigenvalue weighted by Crippen LogP contribution is 2.59. The van der Waals surface area contributed by atoms with Gasteiger partial charge in [-0.3, -0.25) is 0 Å². The van der Waals surface area contributed by atoms with E-state index in [4.69, 9.17) is 0 Å². The lowest BCUT2D eigenvalue weighted by atomic mass is 9.54. The van der Waals surface area contributed by atoms with Crippen LogP contribution in [-0.2, 0) is 0 Å². The smallest absolute Gasteiger partial charge is 0.0665 e. The third-order valence-corrected chi connectivity index (χ3v) is 7.82. The molecule has 0 aromatic carbocycles. The molecular formula is C20H34O4. The Morgan fingerprint density at radius 3 is 2.38 bits per heavy atom. The van der Waals surface area contributed by atoms with E-state index < -0.39 is 0 Å². The van der Waals surface area contributed by atoms with Crippen molar-refractivity contribution in [2.45, 2.75) is 71.5 Å². The Kier molecular flexibility index (Phi) is 4.89. The fraction of sp³-hybridized carbons (Fsp3) is 0.900. The maximum absolute atomic E-state index is 10.5. The van der Waals surface area contributed by atoms with Gasteiger partial charge in [-0.2, -0.15) is 0 Å². The van der Waals surface area contributed by atoms with Crippen molar-refractivity contribution in [3.8, 4) is 0 Å². The molecule has 138 valence electrons. The van der Waals surface area contributed by atoms with Crippen molar-refractivity contribution in [3.63, 3.8) is 0 Å². The Bertz CT molecular complexity index is 512. The molecule has 1 saturated carbocycles. The molecule has 0 bridgehead atoms. The van der Waals surface area contributed by atoms with E-state index in [-0.39, 0.29) is 48.1 Å². The summed E-state index contributed by atoms with van der Waals surface area (Å²) in [6.07, 6.45) is 4.32. The molecule has 4 N–H and O–H groups in total. The van der Waals surface area contributed by atoms with Crippen LogP contribution in [0.3, 0.4) is 0 Å². The van der Waals surface area contributed by atoms with Crippen molar-refractivity contribution in [1.29, 1.82) is 0 Å². The summed E-state index contributed by atoms with van der Waals surface area (Å²) in [4.78, 5) is 0. The number of hydrogen-bond acceptors (Lipinski definition) is 4. The predicted octanol–water partition coefficient (Wildman–Crippen LogP) is 2.25. The topological polar surface area (TPSA) is 80.9 Å². The van der Waals surface area contributed by atoms with Crippen molar-refractivity contribution in [1.82, 2.24) is 0 Å². The molecule has 0 spiro atoms. The summed E-state index contributed by atoms with van der Waals surface area (Å²) in [5.74, 6) is 0.480. The number of rotatable bonds is 3.